The number of hydrogen-bond acceptors (Lipinski definition) is 7. The third-order valence-corrected chi connectivity index (χ3v) is 5.06. The second-order valence-electron chi connectivity index (χ2n) is 7.44. The third kappa shape index (κ3) is 6.14. The Morgan fingerprint density at radius 3 is 2.33 bits per heavy atom. The average Bonchev–Trinajstić information content (AvgIpc) is 3.39. The fourth-order valence-electron chi connectivity index (χ4n) is 3.38. The molecule has 0 spiro atoms. The number of carbonyl (C=O) groups excluding carboxylic acids is 2. The Labute approximate surface area is 190 Å². The molecule has 1 aliphatic rings. The van der Waals surface area contributed by atoms with Crippen molar-refractivity contribution in [3.05, 3.63) is 78.2 Å². The van der Waals surface area contributed by atoms with Crippen LogP contribution in [0.15, 0.2) is 66.7 Å². The monoisotopic (exact) mass is 450 g/mol. The van der Waals surface area contributed by atoms with E-state index in [-0.39, 0.29) is 36.7 Å². The number of pyridine rings is 1. The highest BCUT2D eigenvalue weighted by molar-refractivity contribution is 5.88. The molecular formula is C25H23FN2O5. The molecule has 2 heterocycles. The summed E-state index contributed by atoms with van der Waals surface area (Å²) in [4.78, 5) is 28.5. The van der Waals surface area contributed by atoms with Gasteiger partial charge in [-0.05, 0) is 80.1 Å². The van der Waals surface area contributed by atoms with E-state index in [2.05, 4.69) is 10.3 Å². The number of rotatable bonds is 8. The fraction of sp³-hybridized carbons (Fsp3) is 0.240. The van der Waals surface area contributed by atoms with E-state index in [9.17, 15) is 14.0 Å². The molecule has 8 heteroatoms. The molecular weight excluding hydrogens is 427 g/mol. The summed E-state index contributed by atoms with van der Waals surface area (Å²) in [6.45, 7) is 0.761. The molecule has 170 valence electrons. The molecule has 0 bridgehead atoms. The summed E-state index contributed by atoms with van der Waals surface area (Å²) < 4.78 is 29.0. The largest absolute Gasteiger partial charge is 0.461 e. The first kappa shape index (κ1) is 22.4. The van der Waals surface area contributed by atoms with Gasteiger partial charge in [-0.3, -0.25) is 4.79 Å². The van der Waals surface area contributed by atoms with Gasteiger partial charge in [0.15, 0.2) is 0 Å². The minimum atomic E-state index is -0.594. The number of hydrogen-bond donors (Lipinski definition) is 1. The number of nitrogens with one attached hydrogen (secondary N) is 1. The standard InChI is InChI=1S/C25H23FN2O5/c26-18-8-12-20(13-9-18)33-19-10-6-17(7-11-19)21-3-1-4-23(28-21)25(30)32-16-15-31-24(29)22-5-2-14-27-22/h1,3-4,6-13,22,27H,2,5,14-16H2/t22-/m0/s1. The van der Waals surface area contributed by atoms with Crippen LogP contribution in [0.4, 0.5) is 4.39 Å². The molecule has 1 aromatic heterocycles. The molecule has 1 atom stereocenters. The Kier molecular flexibility index (Phi) is 7.26. The second kappa shape index (κ2) is 10.7. The van der Waals surface area contributed by atoms with Crippen LogP contribution in [0.25, 0.3) is 11.3 Å². The normalized spacial score (nSPS) is 15.1. The van der Waals surface area contributed by atoms with Gasteiger partial charge in [0, 0.05) is 5.56 Å². The molecule has 0 radical (unpaired) electrons. The summed E-state index contributed by atoms with van der Waals surface area (Å²) in [5, 5.41) is 3.06. The second-order valence-corrected chi connectivity index (χ2v) is 7.44. The zero-order valence-electron chi connectivity index (χ0n) is 17.8. The molecule has 3 aromatic rings. The lowest BCUT2D eigenvalue weighted by molar-refractivity contribution is -0.146. The summed E-state index contributed by atoms with van der Waals surface area (Å²) >= 11 is 0. The molecule has 0 unspecified atom stereocenters. The van der Waals surface area contributed by atoms with Crippen LogP contribution in [0.5, 0.6) is 11.5 Å². The van der Waals surface area contributed by atoms with Crippen LogP contribution in [0.2, 0.25) is 0 Å². The Bertz CT molecular complexity index is 1100. The quantitative estimate of drug-likeness (QED) is 0.408. The van der Waals surface area contributed by atoms with Crippen molar-refractivity contribution in [3.63, 3.8) is 0 Å². The van der Waals surface area contributed by atoms with Gasteiger partial charge >= 0.3 is 11.9 Å². The van der Waals surface area contributed by atoms with Crippen molar-refractivity contribution in [3.8, 4) is 22.8 Å². The van der Waals surface area contributed by atoms with Crippen molar-refractivity contribution in [1.82, 2.24) is 10.3 Å². The minimum absolute atomic E-state index is 0.00202. The summed E-state index contributed by atoms with van der Waals surface area (Å²) in [5.41, 5.74) is 1.54. The van der Waals surface area contributed by atoms with Crippen molar-refractivity contribution < 1.29 is 28.2 Å². The summed E-state index contributed by atoms with van der Waals surface area (Å²) in [7, 11) is 0. The van der Waals surface area contributed by atoms with Crippen molar-refractivity contribution in [2.75, 3.05) is 19.8 Å². The molecule has 7 nitrogen and oxygen atoms in total. The Hall–Kier alpha value is -3.78. The molecule has 0 aliphatic carbocycles. The van der Waals surface area contributed by atoms with E-state index in [1.165, 1.54) is 12.1 Å². The van der Waals surface area contributed by atoms with E-state index in [1.54, 1.807) is 42.5 Å². The highest BCUT2D eigenvalue weighted by Crippen LogP contribution is 2.25. The number of esters is 2. The van der Waals surface area contributed by atoms with Gasteiger partial charge in [-0.2, -0.15) is 0 Å². The predicted octanol–water partition coefficient (Wildman–Crippen LogP) is 4.13. The first-order valence-electron chi connectivity index (χ1n) is 10.7. The predicted molar refractivity (Wildman–Crippen MR) is 118 cm³/mol. The Morgan fingerprint density at radius 2 is 1.64 bits per heavy atom. The minimum Gasteiger partial charge on any atom is -0.461 e. The van der Waals surface area contributed by atoms with E-state index in [0.717, 1.165) is 24.9 Å². The maximum Gasteiger partial charge on any atom is 0.357 e. The number of carbonyl (C=O) groups is 2. The van der Waals surface area contributed by atoms with Crippen LogP contribution in [0.1, 0.15) is 23.3 Å². The van der Waals surface area contributed by atoms with Crippen LogP contribution in [0.3, 0.4) is 0 Å². The number of halogens is 1. The van der Waals surface area contributed by atoms with Crippen molar-refractivity contribution in [2.45, 2.75) is 18.9 Å². The third-order valence-electron chi connectivity index (χ3n) is 5.06. The zero-order chi connectivity index (χ0) is 23.0. The maximum absolute atomic E-state index is 13.0. The molecule has 0 saturated carbocycles. The van der Waals surface area contributed by atoms with Gasteiger partial charge in [-0.25, -0.2) is 14.2 Å². The van der Waals surface area contributed by atoms with E-state index >= 15 is 0 Å². The topological polar surface area (TPSA) is 86.8 Å². The summed E-state index contributed by atoms with van der Waals surface area (Å²) in [6, 6.07) is 17.7. The SMILES string of the molecule is O=C(OCCOC(=O)[C@@H]1CCCN1)c1cccc(-c2ccc(Oc3ccc(F)cc3)cc2)n1. The van der Waals surface area contributed by atoms with Gasteiger partial charge in [-0.15, -0.1) is 0 Å². The van der Waals surface area contributed by atoms with E-state index in [1.807, 2.05) is 12.1 Å². The van der Waals surface area contributed by atoms with Crippen molar-refractivity contribution in [1.29, 1.82) is 0 Å². The van der Waals surface area contributed by atoms with Gasteiger partial charge in [0.05, 0.1) is 5.69 Å². The van der Waals surface area contributed by atoms with Gasteiger partial charge in [0.1, 0.15) is 42.3 Å². The lowest BCUT2D eigenvalue weighted by Gasteiger charge is -2.10. The highest BCUT2D eigenvalue weighted by atomic mass is 19.1. The highest BCUT2D eigenvalue weighted by Gasteiger charge is 2.23. The smallest absolute Gasteiger partial charge is 0.357 e. The summed E-state index contributed by atoms with van der Waals surface area (Å²) in [6.07, 6.45) is 1.70. The van der Waals surface area contributed by atoms with Crippen molar-refractivity contribution >= 4 is 11.9 Å². The molecule has 0 amide bonds. The lowest BCUT2D eigenvalue weighted by Crippen LogP contribution is -2.33. The molecule has 1 N–H and O–H groups in total. The molecule has 2 aromatic carbocycles. The first-order valence-corrected chi connectivity index (χ1v) is 10.7. The Morgan fingerprint density at radius 1 is 0.939 bits per heavy atom. The molecule has 1 saturated heterocycles. The van der Waals surface area contributed by atoms with E-state index in [0.29, 0.717) is 17.2 Å². The number of benzene rings is 2. The zero-order valence-corrected chi connectivity index (χ0v) is 17.8. The molecule has 1 fully saturated rings. The van der Waals surface area contributed by atoms with Crippen LogP contribution in [-0.4, -0.2) is 42.7 Å². The van der Waals surface area contributed by atoms with Crippen LogP contribution in [-0.2, 0) is 14.3 Å². The van der Waals surface area contributed by atoms with Gasteiger partial charge < -0.3 is 19.5 Å². The van der Waals surface area contributed by atoms with Gasteiger partial charge in [0.25, 0.3) is 0 Å². The van der Waals surface area contributed by atoms with Crippen LogP contribution in [0, 0.1) is 5.82 Å². The van der Waals surface area contributed by atoms with Crippen LogP contribution < -0.4 is 10.1 Å². The summed E-state index contributed by atoms with van der Waals surface area (Å²) in [5.74, 6) is -0.135. The average molecular weight is 450 g/mol. The van der Waals surface area contributed by atoms with Gasteiger partial charge in [-0.1, -0.05) is 6.07 Å². The number of aromatic nitrogens is 1. The molecule has 4 rings (SSSR count). The van der Waals surface area contributed by atoms with Crippen molar-refractivity contribution in [2.24, 2.45) is 0 Å². The first-order chi connectivity index (χ1) is 16.1. The van der Waals surface area contributed by atoms with E-state index in [4.69, 9.17) is 14.2 Å². The molecule has 33 heavy (non-hydrogen) atoms. The Balaban J connectivity index is 1.30. The van der Waals surface area contributed by atoms with E-state index < -0.39 is 5.97 Å². The fourth-order valence-corrected chi connectivity index (χ4v) is 3.38. The number of ether oxygens (including phenoxy) is 3. The maximum atomic E-state index is 13.0. The lowest BCUT2D eigenvalue weighted by atomic mass is 10.1. The number of nitrogens with zero attached hydrogens (tertiary/aromatic N) is 1. The van der Waals surface area contributed by atoms with Crippen LogP contribution >= 0.6 is 0 Å². The van der Waals surface area contributed by atoms with Gasteiger partial charge in [0.2, 0.25) is 0 Å². The molecule has 1 aliphatic heterocycles.